The van der Waals surface area contributed by atoms with Crippen LogP contribution >= 0.6 is 0 Å². The second-order valence-corrected chi connectivity index (χ2v) is 7.23. The first-order valence-electron chi connectivity index (χ1n) is 9.89. The Morgan fingerprint density at radius 2 is 1.85 bits per heavy atom. The van der Waals surface area contributed by atoms with Crippen LogP contribution in [0.2, 0.25) is 0 Å². The number of hydrogen-bond donors (Lipinski definition) is 1. The van der Waals surface area contributed by atoms with Gasteiger partial charge in [0.25, 0.3) is 5.91 Å². The van der Waals surface area contributed by atoms with Crippen LogP contribution < -0.4 is 10.1 Å². The fourth-order valence-electron chi connectivity index (χ4n) is 3.34. The van der Waals surface area contributed by atoms with Gasteiger partial charge in [0.1, 0.15) is 5.82 Å². The minimum absolute atomic E-state index is 0.0706. The number of aryl methyl sites for hydroxylation is 1. The van der Waals surface area contributed by atoms with Crippen LogP contribution in [0.25, 0.3) is 16.7 Å². The number of alkyl halides is 3. The molecule has 1 amide bonds. The van der Waals surface area contributed by atoms with E-state index in [1.54, 1.807) is 0 Å². The number of ether oxygens (including phenoxy) is 1. The molecule has 4 rings (SSSR count). The third-order valence-corrected chi connectivity index (χ3v) is 4.83. The van der Waals surface area contributed by atoms with Crippen LogP contribution in [0, 0.1) is 12.7 Å². The SMILES string of the molecule is Cc1nn(-c2cccc(F)c2)c2nc(OCC(=O)NCc3ccccc3)cc(C(F)(F)F)c12. The van der Waals surface area contributed by atoms with Crippen molar-refractivity contribution >= 4 is 16.9 Å². The summed E-state index contributed by atoms with van der Waals surface area (Å²) in [6.45, 7) is 1.12. The van der Waals surface area contributed by atoms with Gasteiger partial charge in [-0.3, -0.25) is 4.79 Å². The molecule has 0 aliphatic carbocycles. The van der Waals surface area contributed by atoms with Gasteiger partial charge < -0.3 is 10.1 Å². The first kappa shape index (κ1) is 22.3. The molecule has 0 saturated carbocycles. The van der Waals surface area contributed by atoms with Gasteiger partial charge in [0.15, 0.2) is 12.3 Å². The number of pyridine rings is 1. The highest BCUT2D eigenvalue weighted by Crippen LogP contribution is 2.38. The van der Waals surface area contributed by atoms with E-state index in [1.165, 1.54) is 25.1 Å². The summed E-state index contributed by atoms with van der Waals surface area (Å²) in [6.07, 6.45) is -4.73. The largest absolute Gasteiger partial charge is 0.467 e. The molecule has 0 spiro atoms. The van der Waals surface area contributed by atoms with E-state index in [0.29, 0.717) is 0 Å². The summed E-state index contributed by atoms with van der Waals surface area (Å²) in [5.74, 6) is -1.50. The maximum Gasteiger partial charge on any atom is 0.417 e. The number of halogens is 4. The lowest BCUT2D eigenvalue weighted by atomic mass is 10.1. The monoisotopic (exact) mass is 458 g/mol. The van der Waals surface area contributed by atoms with Crippen molar-refractivity contribution in [3.63, 3.8) is 0 Å². The van der Waals surface area contributed by atoms with E-state index in [4.69, 9.17) is 4.74 Å². The van der Waals surface area contributed by atoms with Gasteiger partial charge in [-0.25, -0.2) is 9.07 Å². The number of fused-ring (bicyclic) bond motifs is 1. The lowest BCUT2D eigenvalue weighted by Crippen LogP contribution is -2.28. The van der Waals surface area contributed by atoms with Gasteiger partial charge in [-0.15, -0.1) is 0 Å². The van der Waals surface area contributed by atoms with Gasteiger partial charge in [-0.05, 0) is 30.7 Å². The minimum atomic E-state index is -4.73. The number of amides is 1. The molecule has 0 aliphatic rings. The van der Waals surface area contributed by atoms with Gasteiger partial charge in [0, 0.05) is 12.6 Å². The van der Waals surface area contributed by atoms with Crippen molar-refractivity contribution in [3.8, 4) is 11.6 Å². The summed E-state index contributed by atoms with van der Waals surface area (Å²) in [5.41, 5.74) is -0.0353. The molecule has 2 heterocycles. The Labute approximate surface area is 185 Å². The number of hydrogen-bond acceptors (Lipinski definition) is 4. The fourth-order valence-corrected chi connectivity index (χ4v) is 3.34. The van der Waals surface area contributed by atoms with E-state index in [-0.39, 0.29) is 29.0 Å². The molecule has 0 bridgehead atoms. The summed E-state index contributed by atoms with van der Waals surface area (Å²) in [5, 5.41) is 6.52. The minimum Gasteiger partial charge on any atom is -0.467 e. The van der Waals surface area contributed by atoms with Gasteiger partial charge >= 0.3 is 6.18 Å². The first-order valence-corrected chi connectivity index (χ1v) is 9.89. The Balaban J connectivity index is 1.64. The van der Waals surface area contributed by atoms with Gasteiger partial charge in [-0.1, -0.05) is 36.4 Å². The second-order valence-electron chi connectivity index (χ2n) is 7.23. The molecule has 0 fully saturated rings. The second kappa shape index (κ2) is 8.89. The number of carbonyl (C=O) groups excluding carboxylic acids is 1. The van der Waals surface area contributed by atoms with Crippen molar-refractivity contribution in [2.45, 2.75) is 19.6 Å². The molecule has 2 aromatic heterocycles. The lowest BCUT2D eigenvalue weighted by molar-refractivity contribution is -0.136. The van der Waals surface area contributed by atoms with Crippen molar-refractivity contribution in [3.05, 3.63) is 83.3 Å². The lowest BCUT2D eigenvalue weighted by Gasteiger charge is -2.12. The fraction of sp³-hybridized carbons (Fsp3) is 0.174. The zero-order valence-electron chi connectivity index (χ0n) is 17.4. The van der Waals surface area contributed by atoms with Gasteiger partial charge in [0.05, 0.1) is 22.3 Å². The van der Waals surface area contributed by atoms with E-state index >= 15 is 0 Å². The molecule has 33 heavy (non-hydrogen) atoms. The quantitative estimate of drug-likeness (QED) is 0.430. The van der Waals surface area contributed by atoms with Crippen molar-refractivity contribution in [2.75, 3.05) is 6.61 Å². The Morgan fingerprint density at radius 1 is 1.09 bits per heavy atom. The smallest absolute Gasteiger partial charge is 0.417 e. The van der Waals surface area contributed by atoms with Crippen LogP contribution in [0.4, 0.5) is 17.6 Å². The number of rotatable bonds is 6. The summed E-state index contributed by atoms with van der Waals surface area (Å²) in [4.78, 5) is 16.3. The molecule has 0 aliphatic heterocycles. The van der Waals surface area contributed by atoms with E-state index in [2.05, 4.69) is 15.4 Å². The average molecular weight is 458 g/mol. The Hall–Kier alpha value is -3.95. The Kier molecular flexibility index (Phi) is 5.99. The van der Waals surface area contributed by atoms with E-state index in [0.717, 1.165) is 22.4 Å². The van der Waals surface area contributed by atoms with Crippen LogP contribution in [0.1, 0.15) is 16.8 Å². The first-order chi connectivity index (χ1) is 15.7. The predicted molar refractivity (Wildman–Crippen MR) is 112 cm³/mol. The summed E-state index contributed by atoms with van der Waals surface area (Å²) in [6, 6.07) is 15.1. The molecular weight excluding hydrogens is 440 g/mol. The van der Waals surface area contributed by atoms with E-state index in [1.807, 2.05) is 30.3 Å². The summed E-state index contributed by atoms with van der Waals surface area (Å²) in [7, 11) is 0. The van der Waals surface area contributed by atoms with Crippen molar-refractivity contribution in [2.24, 2.45) is 0 Å². The Bertz CT molecular complexity index is 1300. The summed E-state index contributed by atoms with van der Waals surface area (Å²) < 4.78 is 61.5. The average Bonchev–Trinajstić information content (AvgIpc) is 3.12. The number of aromatic nitrogens is 3. The highest BCUT2D eigenvalue weighted by Gasteiger charge is 2.36. The van der Waals surface area contributed by atoms with Crippen molar-refractivity contribution < 1.29 is 27.1 Å². The van der Waals surface area contributed by atoms with E-state index < -0.39 is 36.0 Å². The van der Waals surface area contributed by atoms with Gasteiger partial charge in [0.2, 0.25) is 5.88 Å². The third kappa shape index (κ3) is 4.94. The molecular formula is C23H18F4N4O2. The molecule has 10 heteroatoms. The van der Waals surface area contributed by atoms with Crippen molar-refractivity contribution in [1.82, 2.24) is 20.1 Å². The number of benzene rings is 2. The van der Waals surface area contributed by atoms with Crippen molar-refractivity contribution in [1.29, 1.82) is 0 Å². The van der Waals surface area contributed by atoms with Gasteiger partial charge in [-0.2, -0.15) is 23.3 Å². The van der Waals surface area contributed by atoms with Crippen LogP contribution in [0.5, 0.6) is 5.88 Å². The molecule has 0 saturated heterocycles. The topological polar surface area (TPSA) is 69.0 Å². The zero-order valence-corrected chi connectivity index (χ0v) is 17.4. The Morgan fingerprint density at radius 3 is 2.55 bits per heavy atom. The maximum atomic E-state index is 13.8. The van der Waals surface area contributed by atoms with Crippen LogP contribution in [-0.4, -0.2) is 27.3 Å². The number of nitrogens with zero attached hydrogens (tertiary/aromatic N) is 3. The third-order valence-electron chi connectivity index (χ3n) is 4.83. The highest BCUT2D eigenvalue weighted by molar-refractivity contribution is 5.85. The maximum absolute atomic E-state index is 13.8. The van der Waals surface area contributed by atoms with Crippen LogP contribution in [-0.2, 0) is 17.5 Å². The standard InChI is InChI=1S/C23H18F4N4O2/c1-14-21-18(23(25,26)27)11-20(33-13-19(32)28-12-15-6-3-2-4-7-15)29-22(21)31(30-14)17-9-5-8-16(24)10-17/h2-11H,12-13H2,1H3,(H,28,32). The highest BCUT2D eigenvalue weighted by atomic mass is 19.4. The van der Waals surface area contributed by atoms with E-state index in [9.17, 15) is 22.4 Å². The molecule has 170 valence electrons. The molecule has 0 unspecified atom stereocenters. The van der Waals surface area contributed by atoms with Crippen LogP contribution in [0.3, 0.4) is 0 Å². The summed E-state index contributed by atoms with van der Waals surface area (Å²) >= 11 is 0. The zero-order chi connectivity index (χ0) is 23.6. The number of carbonyl (C=O) groups is 1. The number of nitrogens with one attached hydrogen (secondary N) is 1. The molecule has 1 N–H and O–H groups in total. The predicted octanol–water partition coefficient (Wildman–Crippen LogP) is 4.58. The molecule has 2 aromatic carbocycles. The normalized spacial score (nSPS) is 11.5. The molecule has 0 atom stereocenters. The molecule has 6 nitrogen and oxygen atoms in total. The molecule has 4 aromatic rings. The van der Waals surface area contributed by atoms with Crippen LogP contribution in [0.15, 0.2) is 60.7 Å². The molecule has 0 radical (unpaired) electrons.